The summed E-state index contributed by atoms with van der Waals surface area (Å²) in [4.78, 5) is 23.8. The molecule has 3 aromatic rings. The molecule has 0 aliphatic carbocycles. The van der Waals surface area contributed by atoms with E-state index in [1.54, 1.807) is 30.3 Å². The van der Waals surface area contributed by atoms with Crippen LogP contribution in [0.15, 0.2) is 42.7 Å². The second-order valence-corrected chi connectivity index (χ2v) is 6.16. The highest BCUT2D eigenvalue weighted by molar-refractivity contribution is 6.33. The molecule has 0 spiro atoms. The summed E-state index contributed by atoms with van der Waals surface area (Å²) < 4.78 is 11.2. The van der Waals surface area contributed by atoms with Gasteiger partial charge in [-0.3, -0.25) is 10.1 Å². The smallest absolute Gasteiger partial charge is 0.411 e. The Morgan fingerprint density at radius 1 is 1.17 bits per heavy atom. The Hall–Kier alpha value is -3.66. The van der Waals surface area contributed by atoms with Crippen LogP contribution in [0, 0.1) is 0 Å². The maximum Gasteiger partial charge on any atom is 0.411 e. The molecule has 10 nitrogen and oxygen atoms in total. The summed E-state index contributed by atoms with van der Waals surface area (Å²) in [6.07, 6.45) is 0.833. The summed E-state index contributed by atoms with van der Waals surface area (Å²) in [5, 5.41) is 16.6. The number of hydrogen-bond donors (Lipinski definition) is 2. The largest absolute Gasteiger partial charge is 0.496 e. The molecule has 0 saturated heterocycles. The summed E-state index contributed by atoms with van der Waals surface area (Å²) in [7, 11) is 2.74. The van der Waals surface area contributed by atoms with E-state index < -0.39 is 6.09 Å². The monoisotopic (exact) mass is 416 g/mol. The lowest BCUT2D eigenvalue weighted by Gasteiger charge is -2.13. The molecule has 0 radical (unpaired) electrons. The van der Waals surface area contributed by atoms with Crippen LogP contribution >= 0.6 is 11.6 Å². The highest BCUT2D eigenvalue weighted by Crippen LogP contribution is 2.29. The molecule has 2 amide bonds. The van der Waals surface area contributed by atoms with Gasteiger partial charge in [0.25, 0.3) is 5.91 Å². The van der Waals surface area contributed by atoms with Gasteiger partial charge in [-0.05, 0) is 34.2 Å². The molecule has 29 heavy (non-hydrogen) atoms. The van der Waals surface area contributed by atoms with Gasteiger partial charge in [-0.25, -0.2) is 4.79 Å². The Morgan fingerprint density at radius 3 is 2.55 bits per heavy atom. The van der Waals surface area contributed by atoms with Crippen LogP contribution in [-0.4, -0.2) is 46.4 Å². The lowest BCUT2D eigenvalue weighted by molar-refractivity contribution is 0.0948. The van der Waals surface area contributed by atoms with Gasteiger partial charge in [-0.15, -0.1) is 5.10 Å². The summed E-state index contributed by atoms with van der Waals surface area (Å²) >= 11 is 6.29. The number of rotatable bonds is 6. The third-order valence-electron chi connectivity index (χ3n) is 3.95. The molecule has 0 bridgehead atoms. The quantitative estimate of drug-likeness (QED) is 0.633. The fourth-order valence-electron chi connectivity index (χ4n) is 2.49. The average molecular weight is 417 g/mol. The van der Waals surface area contributed by atoms with Crippen molar-refractivity contribution in [1.29, 1.82) is 0 Å². The topological polar surface area (TPSA) is 120 Å². The molecule has 11 heteroatoms. The van der Waals surface area contributed by atoms with Gasteiger partial charge in [0.2, 0.25) is 0 Å². The van der Waals surface area contributed by atoms with Crippen molar-refractivity contribution in [3.63, 3.8) is 0 Å². The summed E-state index contributed by atoms with van der Waals surface area (Å²) in [6.45, 7) is 0.271. The number of methoxy groups -OCH3 is 2. The highest BCUT2D eigenvalue weighted by atomic mass is 35.5. The van der Waals surface area contributed by atoms with E-state index in [2.05, 4.69) is 30.9 Å². The van der Waals surface area contributed by atoms with Crippen molar-refractivity contribution in [2.24, 2.45) is 0 Å². The van der Waals surface area contributed by atoms with Crippen molar-refractivity contribution in [3.8, 4) is 11.4 Å². The van der Waals surface area contributed by atoms with E-state index in [-0.39, 0.29) is 18.0 Å². The number of nitrogens with one attached hydrogen (secondary N) is 2. The van der Waals surface area contributed by atoms with Crippen molar-refractivity contribution in [1.82, 2.24) is 25.5 Å². The van der Waals surface area contributed by atoms with Gasteiger partial charge in [0.05, 0.1) is 30.5 Å². The Labute approximate surface area is 170 Å². The van der Waals surface area contributed by atoms with Crippen LogP contribution in [0.25, 0.3) is 5.69 Å². The van der Waals surface area contributed by atoms with Crippen LogP contribution in [0.5, 0.6) is 5.75 Å². The third kappa shape index (κ3) is 4.79. The van der Waals surface area contributed by atoms with Crippen LogP contribution in [0.2, 0.25) is 5.02 Å². The Kier molecular flexibility index (Phi) is 6.25. The van der Waals surface area contributed by atoms with Crippen LogP contribution in [0.3, 0.4) is 0 Å². The third-order valence-corrected chi connectivity index (χ3v) is 4.25. The van der Waals surface area contributed by atoms with Gasteiger partial charge in [0, 0.05) is 18.3 Å². The Balaban J connectivity index is 1.70. The van der Waals surface area contributed by atoms with E-state index in [1.807, 2.05) is 0 Å². The predicted molar refractivity (Wildman–Crippen MR) is 104 cm³/mol. The van der Waals surface area contributed by atoms with Crippen LogP contribution < -0.4 is 15.4 Å². The molecule has 2 N–H and O–H groups in total. The van der Waals surface area contributed by atoms with Gasteiger partial charge in [-0.2, -0.15) is 4.68 Å². The molecule has 0 aliphatic heterocycles. The molecule has 0 atom stereocenters. The molecule has 2 aromatic carbocycles. The number of aromatic nitrogens is 4. The van der Waals surface area contributed by atoms with E-state index in [9.17, 15) is 9.59 Å². The number of ether oxygens (including phenoxy) is 2. The minimum absolute atomic E-state index is 0.271. The minimum atomic E-state index is -0.555. The molecule has 0 unspecified atom stereocenters. The zero-order valence-electron chi connectivity index (χ0n) is 15.5. The van der Waals surface area contributed by atoms with Crippen LogP contribution in [0.4, 0.5) is 10.5 Å². The summed E-state index contributed by atoms with van der Waals surface area (Å²) in [5.41, 5.74) is 2.18. The first-order valence-electron chi connectivity index (χ1n) is 8.35. The van der Waals surface area contributed by atoms with Crippen molar-refractivity contribution < 1.29 is 19.1 Å². The van der Waals surface area contributed by atoms with Crippen molar-refractivity contribution in [2.75, 3.05) is 19.5 Å². The SMILES string of the molecule is COC(=O)Nc1ccc(CNC(=O)c2cc(Cl)c(-n3cnnn3)cc2OC)cc1. The lowest BCUT2D eigenvalue weighted by atomic mass is 10.1. The van der Waals surface area contributed by atoms with E-state index in [0.717, 1.165) is 5.56 Å². The normalized spacial score (nSPS) is 10.3. The molecule has 0 fully saturated rings. The van der Waals surface area contributed by atoms with Gasteiger partial charge >= 0.3 is 6.09 Å². The number of nitrogens with zero attached hydrogens (tertiary/aromatic N) is 4. The molecule has 1 aromatic heterocycles. The Bertz CT molecular complexity index is 1010. The number of carbonyl (C=O) groups excluding carboxylic acids is 2. The first kappa shape index (κ1) is 20.1. The number of tetrazole rings is 1. The zero-order chi connectivity index (χ0) is 20.8. The molecular formula is C18H17ClN6O4. The number of amides is 2. The van der Waals surface area contributed by atoms with Gasteiger partial charge in [0.1, 0.15) is 12.1 Å². The van der Waals surface area contributed by atoms with E-state index in [4.69, 9.17) is 16.3 Å². The predicted octanol–water partition coefficient (Wildman–Crippen LogP) is 2.43. The molecule has 3 rings (SSSR count). The Morgan fingerprint density at radius 2 is 1.93 bits per heavy atom. The average Bonchev–Trinajstić information content (AvgIpc) is 3.27. The van der Waals surface area contributed by atoms with E-state index >= 15 is 0 Å². The summed E-state index contributed by atoms with van der Waals surface area (Å²) in [6, 6.07) is 10.0. The number of halogens is 1. The fourth-order valence-corrected chi connectivity index (χ4v) is 2.74. The first-order valence-corrected chi connectivity index (χ1v) is 8.72. The molecule has 0 saturated carbocycles. The van der Waals surface area contributed by atoms with Crippen molar-refractivity contribution in [2.45, 2.75) is 6.54 Å². The van der Waals surface area contributed by atoms with E-state index in [1.165, 1.54) is 31.3 Å². The molecule has 1 heterocycles. The number of anilines is 1. The number of hydrogen-bond acceptors (Lipinski definition) is 7. The van der Waals surface area contributed by atoms with Crippen molar-refractivity contribution in [3.05, 3.63) is 58.9 Å². The molecule has 150 valence electrons. The maximum absolute atomic E-state index is 12.6. The minimum Gasteiger partial charge on any atom is -0.496 e. The second-order valence-electron chi connectivity index (χ2n) is 5.75. The maximum atomic E-state index is 12.6. The van der Waals surface area contributed by atoms with Gasteiger partial charge in [-0.1, -0.05) is 23.7 Å². The second kappa shape index (κ2) is 9.02. The van der Waals surface area contributed by atoms with Crippen molar-refractivity contribution >= 4 is 29.3 Å². The molecular weight excluding hydrogens is 400 g/mol. The standard InChI is InChI=1S/C18H17ClN6O4/c1-28-16-8-15(25-10-21-23-24-25)14(19)7-13(16)17(26)20-9-11-3-5-12(6-4-11)22-18(27)29-2/h3-8,10H,9H2,1-2H3,(H,20,26)(H,22,27). The number of benzene rings is 2. The van der Waals surface area contributed by atoms with Crippen LogP contribution in [0.1, 0.15) is 15.9 Å². The fraction of sp³-hybridized carbons (Fsp3) is 0.167. The highest BCUT2D eigenvalue weighted by Gasteiger charge is 2.17. The first-order chi connectivity index (χ1) is 14.0. The molecule has 0 aliphatic rings. The summed E-state index contributed by atoms with van der Waals surface area (Å²) in [5.74, 6) is -0.0289. The number of carbonyl (C=O) groups is 2. The van der Waals surface area contributed by atoms with E-state index in [0.29, 0.717) is 22.1 Å². The van der Waals surface area contributed by atoms with Gasteiger partial charge < -0.3 is 14.8 Å². The van der Waals surface area contributed by atoms with Gasteiger partial charge in [0.15, 0.2) is 0 Å². The van der Waals surface area contributed by atoms with Crippen LogP contribution in [-0.2, 0) is 11.3 Å². The lowest BCUT2D eigenvalue weighted by Crippen LogP contribution is -2.23. The zero-order valence-corrected chi connectivity index (χ0v) is 16.3.